The third-order valence-electron chi connectivity index (χ3n) is 9.69. The van der Waals surface area contributed by atoms with Gasteiger partial charge in [0.25, 0.3) is 10.1 Å². The van der Waals surface area contributed by atoms with E-state index in [4.69, 9.17) is 8.92 Å². The van der Waals surface area contributed by atoms with Crippen LogP contribution in [0.15, 0.2) is 60.7 Å². The van der Waals surface area contributed by atoms with Gasteiger partial charge in [-0.1, -0.05) is 88.4 Å². The number of Topliss-reactive ketones (excluding diaryl/α,β-unsaturated/α-hetero) is 1. The first-order valence-electron chi connectivity index (χ1n) is 20.0. The van der Waals surface area contributed by atoms with Gasteiger partial charge < -0.3 is 31.1 Å². The SMILES string of the molecule is CC(C)CC[C@H](NC(=O)[C@H](Cc1ccccc1)NC(=O)C(CC(C)C)NC(=O)[C@H](CCc1ccccc1)NC(=O)CN1CCOCC1)C(=O)[C@](C)(O)COS(C)(=O)=O. The zero-order chi connectivity index (χ0) is 42.9. The molecule has 0 saturated carbocycles. The topological polar surface area (TPSA) is 210 Å². The van der Waals surface area contributed by atoms with Crippen LogP contribution in [0.25, 0.3) is 0 Å². The summed E-state index contributed by atoms with van der Waals surface area (Å²) in [5.41, 5.74) is -0.587. The summed E-state index contributed by atoms with van der Waals surface area (Å²) < 4.78 is 33.5. The van der Waals surface area contributed by atoms with Crippen molar-refractivity contribution in [3.63, 3.8) is 0 Å². The van der Waals surface area contributed by atoms with E-state index in [9.17, 15) is 37.5 Å². The summed E-state index contributed by atoms with van der Waals surface area (Å²) in [5.74, 6) is -3.03. The molecule has 2 aromatic carbocycles. The fourth-order valence-electron chi connectivity index (χ4n) is 6.44. The van der Waals surface area contributed by atoms with Gasteiger partial charge in [-0.3, -0.25) is 33.1 Å². The third-order valence-corrected chi connectivity index (χ3v) is 10.2. The highest BCUT2D eigenvalue weighted by Gasteiger charge is 2.39. The summed E-state index contributed by atoms with van der Waals surface area (Å²) in [6.45, 7) is 10.2. The quantitative estimate of drug-likeness (QED) is 0.0966. The molecule has 5 atom stereocenters. The number of ketones is 1. The zero-order valence-electron chi connectivity index (χ0n) is 34.7. The Morgan fingerprint density at radius 2 is 1.28 bits per heavy atom. The first-order valence-corrected chi connectivity index (χ1v) is 21.8. The Morgan fingerprint density at radius 1 is 0.741 bits per heavy atom. The van der Waals surface area contributed by atoms with Crippen molar-refractivity contribution in [3.8, 4) is 0 Å². The van der Waals surface area contributed by atoms with Crippen LogP contribution < -0.4 is 21.3 Å². The minimum Gasteiger partial charge on any atom is -0.380 e. The van der Waals surface area contributed by atoms with Crippen LogP contribution in [0, 0.1) is 11.8 Å². The highest BCUT2D eigenvalue weighted by atomic mass is 32.2. The maximum Gasteiger partial charge on any atom is 0.264 e. The molecular formula is C42H63N5O10S. The van der Waals surface area contributed by atoms with Crippen LogP contribution in [0.3, 0.4) is 0 Å². The lowest BCUT2D eigenvalue weighted by Gasteiger charge is -2.30. The molecule has 58 heavy (non-hydrogen) atoms. The largest absolute Gasteiger partial charge is 0.380 e. The van der Waals surface area contributed by atoms with Crippen molar-refractivity contribution < 1.29 is 46.4 Å². The molecule has 0 aliphatic carbocycles. The molecule has 322 valence electrons. The number of carbonyl (C=O) groups excluding carboxylic acids is 5. The van der Waals surface area contributed by atoms with E-state index in [0.29, 0.717) is 44.7 Å². The highest BCUT2D eigenvalue weighted by Crippen LogP contribution is 2.17. The summed E-state index contributed by atoms with van der Waals surface area (Å²) in [7, 11) is -3.99. The summed E-state index contributed by atoms with van der Waals surface area (Å²) in [6, 6.07) is 13.9. The minimum atomic E-state index is -3.99. The van der Waals surface area contributed by atoms with E-state index in [1.165, 1.54) is 0 Å². The number of amides is 4. The van der Waals surface area contributed by atoms with E-state index in [1.54, 1.807) is 30.3 Å². The maximum atomic E-state index is 14.2. The van der Waals surface area contributed by atoms with Crippen LogP contribution in [-0.4, -0.2) is 123 Å². The Hall–Kier alpha value is -4.22. The third kappa shape index (κ3) is 17.7. The van der Waals surface area contributed by atoms with Gasteiger partial charge >= 0.3 is 0 Å². The van der Waals surface area contributed by atoms with E-state index in [0.717, 1.165) is 18.7 Å². The molecule has 1 aliphatic rings. The van der Waals surface area contributed by atoms with Crippen molar-refractivity contribution in [1.82, 2.24) is 26.2 Å². The van der Waals surface area contributed by atoms with Crippen molar-refractivity contribution in [2.75, 3.05) is 45.7 Å². The average molecular weight is 830 g/mol. The molecule has 16 heteroatoms. The number of morpholine rings is 1. The number of hydrogen-bond acceptors (Lipinski definition) is 11. The Kier molecular flexibility index (Phi) is 19.4. The monoisotopic (exact) mass is 829 g/mol. The average Bonchev–Trinajstić information content (AvgIpc) is 3.17. The number of aryl methyl sites for hydroxylation is 1. The predicted molar refractivity (Wildman–Crippen MR) is 220 cm³/mol. The lowest BCUT2D eigenvalue weighted by Crippen LogP contribution is -2.60. The maximum absolute atomic E-state index is 14.2. The fraction of sp³-hybridized carbons (Fsp3) is 0.595. The summed E-state index contributed by atoms with van der Waals surface area (Å²) in [6.07, 6.45) is 2.39. The normalized spacial score (nSPS) is 16.7. The van der Waals surface area contributed by atoms with Crippen LogP contribution >= 0.6 is 0 Å². The molecule has 1 saturated heterocycles. The van der Waals surface area contributed by atoms with Crippen molar-refractivity contribution in [3.05, 3.63) is 71.8 Å². The Labute approximate surface area is 343 Å². The number of hydrogen-bond donors (Lipinski definition) is 5. The van der Waals surface area contributed by atoms with Crippen molar-refractivity contribution >= 4 is 39.5 Å². The van der Waals surface area contributed by atoms with Crippen molar-refractivity contribution in [1.29, 1.82) is 0 Å². The van der Waals surface area contributed by atoms with Crippen molar-refractivity contribution in [2.45, 2.75) is 103 Å². The number of benzene rings is 2. The molecular weight excluding hydrogens is 767 g/mol. The standard InChI is InChI=1S/C42H63N5O10S/c1-29(2)17-19-33(38(49)42(5,53)28-57-58(6,54)55)44-41(52)36(26-32-15-11-8-12-16-32)46-40(51)35(25-30(3)4)45-39(50)34(20-18-31-13-9-7-10-14-31)43-37(48)27-47-21-23-56-24-22-47/h7-16,29-30,33-36,53H,17-28H2,1-6H3,(H,43,48)(H,44,52)(H,45,50)(H,46,51)/t33-,34-,35?,36-,42+/m0/s1. The molecule has 0 radical (unpaired) electrons. The molecule has 2 aromatic rings. The number of rotatable bonds is 24. The van der Waals surface area contributed by atoms with E-state index >= 15 is 0 Å². The van der Waals surface area contributed by atoms with Gasteiger partial charge in [0.1, 0.15) is 30.3 Å². The molecule has 1 unspecified atom stereocenters. The van der Waals surface area contributed by atoms with Crippen LogP contribution in [0.2, 0.25) is 0 Å². The van der Waals surface area contributed by atoms with Gasteiger partial charge in [-0.25, -0.2) is 0 Å². The van der Waals surface area contributed by atoms with Gasteiger partial charge in [-0.05, 0) is 62.0 Å². The van der Waals surface area contributed by atoms with Gasteiger partial charge in [0.15, 0.2) is 5.78 Å². The molecule has 0 bridgehead atoms. The van der Waals surface area contributed by atoms with Gasteiger partial charge in [-0.2, -0.15) is 8.42 Å². The summed E-state index contributed by atoms with van der Waals surface area (Å²) in [4.78, 5) is 71.2. The molecule has 0 spiro atoms. The first kappa shape index (κ1) is 48.2. The van der Waals surface area contributed by atoms with E-state index in [1.807, 2.05) is 62.9 Å². The molecule has 3 rings (SSSR count). The summed E-state index contributed by atoms with van der Waals surface area (Å²) in [5, 5.41) is 22.3. The minimum absolute atomic E-state index is 0.0245. The van der Waals surface area contributed by atoms with Crippen LogP contribution in [0.4, 0.5) is 0 Å². The Bertz CT molecular complexity index is 1730. The number of carbonyl (C=O) groups is 5. The van der Waals surface area contributed by atoms with E-state index < -0.39 is 70.0 Å². The van der Waals surface area contributed by atoms with Gasteiger partial charge in [0.2, 0.25) is 23.6 Å². The van der Waals surface area contributed by atoms with Crippen molar-refractivity contribution in [2.24, 2.45) is 11.8 Å². The van der Waals surface area contributed by atoms with Crippen LogP contribution in [0.1, 0.15) is 71.4 Å². The Balaban J connectivity index is 1.86. The van der Waals surface area contributed by atoms with Gasteiger partial charge in [-0.15, -0.1) is 0 Å². The zero-order valence-corrected chi connectivity index (χ0v) is 35.5. The molecule has 1 aliphatic heterocycles. The second-order valence-corrected chi connectivity index (χ2v) is 17.8. The van der Waals surface area contributed by atoms with Crippen LogP contribution in [-0.2, 0) is 55.9 Å². The second kappa shape index (κ2) is 23.4. The highest BCUT2D eigenvalue weighted by molar-refractivity contribution is 7.86. The molecule has 1 fully saturated rings. The van der Waals surface area contributed by atoms with E-state index in [2.05, 4.69) is 21.3 Å². The summed E-state index contributed by atoms with van der Waals surface area (Å²) >= 11 is 0. The van der Waals surface area contributed by atoms with Gasteiger partial charge in [0, 0.05) is 19.5 Å². The first-order chi connectivity index (χ1) is 27.3. The van der Waals surface area contributed by atoms with Gasteiger partial charge in [0.05, 0.1) is 32.1 Å². The molecule has 0 aromatic heterocycles. The Morgan fingerprint density at radius 3 is 1.84 bits per heavy atom. The lowest BCUT2D eigenvalue weighted by atomic mass is 9.90. The number of nitrogens with zero attached hydrogens (tertiary/aromatic N) is 1. The molecule has 1 heterocycles. The molecule has 5 N–H and O–H groups in total. The smallest absolute Gasteiger partial charge is 0.264 e. The number of aliphatic hydroxyl groups is 1. The second-order valence-electron chi connectivity index (χ2n) is 16.1. The van der Waals surface area contributed by atoms with Crippen LogP contribution in [0.5, 0.6) is 0 Å². The lowest BCUT2D eigenvalue weighted by molar-refractivity contribution is -0.143. The fourth-order valence-corrected chi connectivity index (χ4v) is 6.89. The number of ether oxygens (including phenoxy) is 1. The van der Waals surface area contributed by atoms with E-state index in [-0.39, 0.29) is 50.0 Å². The molecule has 15 nitrogen and oxygen atoms in total. The predicted octanol–water partition coefficient (Wildman–Crippen LogP) is 1.91. The molecule has 4 amide bonds. The number of nitrogens with one attached hydrogen (secondary N) is 4.